The Balaban J connectivity index is 3.53. The molecule has 1 heterocycles. The molecule has 0 saturated heterocycles. The zero-order chi connectivity index (χ0) is 10.1. The van der Waals surface area contributed by atoms with Gasteiger partial charge in [-0.1, -0.05) is 0 Å². The lowest BCUT2D eigenvalue weighted by Gasteiger charge is -2.05. The van der Waals surface area contributed by atoms with Crippen LogP contribution >= 0.6 is 0 Å². The standard InChI is InChI=1S/C7H3F3N2O/c8-7(9,10)5-4(3-11)1-2-12-6(5)13/h1-2H,(H,12,13). The summed E-state index contributed by atoms with van der Waals surface area (Å²) in [5.41, 5.74) is -3.42. The van der Waals surface area contributed by atoms with E-state index in [0.717, 1.165) is 12.3 Å². The molecule has 3 nitrogen and oxygen atoms in total. The van der Waals surface area contributed by atoms with Gasteiger partial charge in [0, 0.05) is 6.20 Å². The van der Waals surface area contributed by atoms with Gasteiger partial charge in [-0.25, -0.2) is 0 Å². The Hall–Kier alpha value is -1.77. The van der Waals surface area contributed by atoms with Crippen molar-refractivity contribution in [1.29, 1.82) is 5.26 Å². The smallest absolute Gasteiger partial charge is 0.329 e. The minimum atomic E-state index is -4.79. The highest BCUT2D eigenvalue weighted by Crippen LogP contribution is 2.28. The first-order chi connectivity index (χ1) is 5.96. The molecule has 0 aliphatic rings. The maximum atomic E-state index is 12.1. The maximum Gasteiger partial charge on any atom is 0.422 e. The quantitative estimate of drug-likeness (QED) is 0.666. The lowest BCUT2D eigenvalue weighted by atomic mass is 10.1. The van der Waals surface area contributed by atoms with Crippen molar-refractivity contribution in [1.82, 2.24) is 4.98 Å². The number of nitrogens with zero attached hydrogens (tertiary/aromatic N) is 1. The molecule has 0 saturated carbocycles. The van der Waals surface area contributed by atoms with Crippen molar-refractivity contribution in [2.75, 3.05) is 0 Å². The molecule has 0 bridgehead atoms. The van der Waals surface area contributed by atoms with Crippen molar-refractivity contribution in [2.45, 2.75) is 6.18 Å². The van der Waals surface area contributed by atoms with E-state index in [1.807, 2.05) is 4.98 Å². The molecule has 0 atom stereocenters. The van der Waals surface area contributed by atoms with Gasteiger partial charge in [-0.2, -0.15) is 18.4 Å². The average Bonchev–Trinajstić information content (AvgIpc) is 2.01. The molecular weight excluding hydrogens is 185 g/mol. The van der Waals surface area contributed by atoms with Crippen LogP contribution in [0.3, 0.4) is 0 Å². The number of aromatic amines is 1. The summed E-state index contributed by atoms with van der Waals surface area (Å²) in [5, 5.41) is 8.30. The molecule has 6 heteroatoms. The van der Waals surface area contributed by atoms with E-state index < -0.39 is 22.9 Å². The molecule has 0 aliphatic carbocycles. The fourth-order valence-electron chi connectivity index (χ4n) is 0.853. The zero-order valence-corrected chi connectivity index (χ0v) is 6.14. The molecule has 68 valence electrons. The molecule has 1 aromatic heterocycles. The molecule has 0 unspecified atom stereocenters. The molecule has 0 radical (unpaired) electrons. The molecule has 0 spiro atoms. The van der Waals surface area contributed by atoms with Gasteiger partial charge in [0.2, 0.25) is 0 Å². The van der Waals surface area contributed by atoms with Crippen LogP contribution in [0.15, 0.2) is 17.1 Å². The third-order valence-corrected chi connectivity index (χ3v) is 1.36. The SMILES string of the molecule is N#Cc1cc[nH]c(=O)c1C(F)(F)F. The van der Waals surface area contributed by atoms with Crippen molar-refractivity contribution in [3.63, 3.8) is 0 Å². The van der Waals surface area contributed by atoms with Gasteiger partial charge in [0.1, 0.15) is 11.6 Å². The monoisotopic (exact) mass is 188 g/mol. The number of H-pyrrole nitrogens is 1. The maximum absolute atomic E-state index is 12.1. The molecule has 0 amide bonds. The number of nitriles is 1. The fourth-order valence-corrected chi connectivity index (χ4v) is 0.853. The highest BCUT2D eigenvalue weighted by Gasteiger charge is 2.36. The molecule has 1 aromatic rings. The van der Waals surface area contributed by atoms with E-state index in [9.17, 15) is 18.0 Å². The summed E-state index contributed by atoms with van der Waals surface area (Å²) < 4.78 is 36.4. The highest BCUT2D eigenvalue weighted by atomic mass is 19.4. The summed E-state index contributed by atoms with van der Waals surface area (Å²) in [4.78, 5) is 12.6. The summed E-state index contributed by atoms with van der Waals surface area (Å²) >= 11 is 0. The van der Waals surface area contributed by atoms with Gasteiger partial charge in [-0.15, -0.1) is 0 Å². The Bertz CT molecular complexity index is 413. The van der Waals surface area contributed by atoms with Crippen LogP contribution in [-0.4, -0.2) is 4.98 Å². The first kappa shape index (κ1) is 9.32. The number of nitrogens with one attached hydrogen (secondary N) is 1. The molecule has 1 N–H and O–H groups in total. The van der Waals surface area contributed by atoms with Gasteiger partial charge >= 0.3 is 6.18 Å². The van der Waals surface area contributed by atoms with Crippen LogP contribution in [0.1, 0.15) is 11.1 Å². The number of aromatic nitrogens is 1. The topological polar surface area (TPSA) is 56.6 Å². The summed E-state index contributed by atoms with van der Waals surface area (Å²) in [6.07, 6.45) is -3.80. The van der Waals surface area contributed by atoms with Crippen molar-refractivity contribution >= 4 is 0 Å². The number of pyridine rings is 1. The van der Waals surface area contributed by atoms with Crippen LogP contribution in [0.25, 0.3) is 0 Å². The Morgan fingerprint density at radius 3 is 2.46 bits per heavy atom. The fraction of sp³-hybridized carbons (Fsp3) is 0.143. The third-order valence-electron chi connectivity index (χ3n) is 1.36. The number of hydrogen-bond acceptors (Lipinski definition) is 2. The summed E-state index contributed by atoms with van der Waals surface area (Å²) in [5.74, 6) is 0. The van der Waals surface area contributed by atoms with Crippen molar-refractivity contribution in [2.24, 2.45) is 0 Å². The first-order valence-electron chi connectivity index (χ1n) is 3.16. The third kappa shape index (κ3) is 1.69. The van der Waals surface area contributed by atoms with Crippen LogP contribution < -0.4 is 5.56 Å². The van der Waals surface area contributed by atoms with E-state index in [0.29, 0.717) is 0 Å². The molecule has 13 heavy (non-hydrogen) atoms. The lowest BCUT2D eigenvalue weighted by molar-refractivity contribution is -0.138. The number of halogens is 3. The van der Waals surface area contributed by atoms with E-state index >= 15 is 0 Å². The van der Waals surface area contributed by atoms with Gasteiger partial charge < -0.3 is 4.98 Å². The minimum Gasteiger partial charge on any atom is -0.329 e. The highest BCUT2D eigenvalue weighted by molar-refractivity contribution is 5.36. The average molecular weight is 188 g/mol. The van der Waals surface area contributed by atoms with E-state index in [1.54, 1.807) is 0 Å². The minimum absolute atomic E-state index is 0.670. The Labute approximate surface area is 70.4 Å². The summed E-state index contributed by atoms with van der Waals surface area (Å²) in [6, 6.07) is 2.21. The largest absolute Gasteiger partial charge is 0.422 e. The van der Waals surface area contributed by atoms with Crippen LogP contribution in [0.4, 0.5) is 13.2 Å². The van der Waals surface area contributed by atoms with Crippen LogP contribution in [0.5, 0.6) is 0 Å². The second-order valence-corrected chi connectivity index (χ2v) is 2.21. The Morgan fingerprint density at radius 1 is 1.46 bits per heavy atom. The van der Waals surface area contributed by atoms with E-state index in [-0.39, 0.29) is 0 Å². The van der Waals surface area contributed by atoms with Gasteiger partial charge in [-0.05, 0) is 6.07 Å². The predicted molar refractivity (Wildman–Crippen MR) is 36.8 cm³/mol. The van der Waals surface area contributed by atoms with Gasteiger partial charge in [0.25, 0.3) is 5.56 Å². The summed E-state index contributed by atoms with van der Waals surface area (Å²) in [7, 11) is 0. The predicted octanol–water partition coefficient (Wildman–Crippen LogP) is 1.27. The lowest BCUT2D eigenvalue weighted by Crippen LogP contribution is -2.22. The van der Waals surface area contributed by atoms with E-state index in [2.05, 4.69) is 0 Å². The van der Waals surface area contributed by atoms with E-state index in [4.69, 9.17) is 5.26 Å². The normalized spacial score (nSPS) is 10.9. The van der Waals surface area contributed by atoms with Gasteiger partial charge in [0.15, 0.2) is 0 Å². The number of alkyl halides is 3. The van der Waals surface area contributed by atoms with Crippen molar-refractivity contribution < 1.29 is 13.2 Å². The molecule has 0 aliphatic heterocycles. The summed E-state index contributed by atoms with van der Waals surface area (Å²) in [6.45, 7) is 0. The second kappa shape index (κ2) is 2.94. The van der Waals surface area contributed by atoms with E-state index in [1.165, 1.54) is 6.07 Å². The van der Waals surface area contributed by atoms with Crippen LogP contribution in [0, 0.1) is 11.3 Å². The Kier molecular flexibility index (Phi) is 2.10. The number of rotatable bonds is 0. The number of hydrogen-bond donors (Lipinski definition) is 1. The second-order valence-electron chi connectivity index (χ2n) is 2.21. The van der Waals surface area contributed by atoms with Crippen LogP contribution in [0.2, 0.25) is 0 Å². The molecule has 1 rings (SSSR count). The van der Waals surface area contributed by atoms with Gasteiger partial charge in [0.05, 0.1) is 5.56 Å². The molecule has 0 fully saturated rings. The van der Waals surface area contributed by atoms with Gasteiger partial charge in [-0.3, -0.25) is 4.79 Å². The van der Waals surface area contributed by atoms with Crippen molar-refractivity contribution in [3.05, 3.63) is 33.7 Å². The first-order valence-corrected chi connectivity index (χ1v) is 3.16. The Morgan fingerprint density at radius 2 is 2.08 bits per heavy atom. The molecular formula is C7H3F3N2O. The van der Waals surface area contributed by atoms with Crippen molar-refractivity contribution in [3.8, 4) is 6.07 Å². The van der Waals surface area contributed by atoms with Crippen LogP contribution in [-0.2, 0) is 6.18 Å². The zero-order valence-electron chi connectivity index (χ0n) is 6.14. The molecule has 0 aromatic carbocycles.